The average molecular weight is 379 g/mol. The first-order chi connectivity index (χ1) is 13.5. The zero-order chi connectivity index (χ0) is 19.9. The van der Waals surface area contributed by atoms with Gasteiger partial charge >= 0.3 is 0 Å². The predicted molar refractivity (Wildman–Crippen MR) is 99.4 cm³/mol. The molecule has 0 amide bonds. The van der Waals surface area contributed by atoms with E-state index in [2.05, 4.69) is 16.2 Å². The van der Waals surface area contributed by atoms with Crippen LogP contribution in [0.25, 0.3) is 11.4 Å². The molecule has 0 fully saturated rings. The number of rotatable bonds is 8. The molecule has 0 spiro atoms. The van der Waals surface area contributed by atoms with Gasteiger partial charge in [0.05, 0.1) is 24.0 Å². The largest absolute Gasteiger partial charge is 0.491 e. The van der Waals surface area contributed by atoms with E-state index in [1.54, 1.807) is 36.4 Å². The maximum absolute atomic E-state index is 10.7. The van der Waals surface area contributed by atoms with Crippen LogP contribution in [0.3, 0.4) is 0 Å². The van der Waals surface area contributed by atoms with Crippen LogP contribution in [-0.4, -0.2) is 37.5 Å². The van der Waals surface area contributed by atoms with Gasteiger partial charge in [-0.2, -0.15) is 10.4 Å². The maximum Gasteiger partial charge on any atom is 0.269 e. The molecule has 1 atom stereocenters. The number of hydrogen-bond acceptors (Lipinski definition) is 7. The van der Waals surface area contributed by atoms with Gasteiger partial charge in [0.25, 0.3) is 5.69 Å². The van der Waals surface area contributed by atoms with Crippen molar-refractivity contribution in [3.8, 4) is 23.2 Å². The summed E-state index contributed by atoms with van der Waals surface area (Å²) in [6.07, 6.45) is 1.02. The highest BCUT2D eigenvalue weighted by Gasteiger charge is 2.11. The quantitative estimate of drug-likeness (QED) is 0.470. The van der Waals surface area contributed by atoms with E-state index in [4.69, 9.17) is 10.00 Å². The molecule has 9 heteroatoms. The molecule has 142 valence electrons. The van der Waals surface area contributed by atoms with E-state index >= 15 is 0 Å². The Kier molecular flexibility index (Phi) is 5.94. The SMILES string of the molecule is N#CCc1ccc(OCC(O)Cn2cnc(-c3ccc([N+](=O)[O-])cc3)n2)cc1. The monoisotopic (exact) mass is 379 g/mol. The number of aliphatic hydroxyl groups excluding tert-OH is 1. The molecule has 0 bridgehead atoms. The van der Waals surface area contributed by atoms with Gasteiger partial charge in [0.1, 0.15) is 24.8 Å². The van der Waals surface area contributed by atoms with Crippen LogP contribution < -0.4 is 4.74 Å². The molecule has 28 heavy (non-hydrogen) atoms. The Morgan fingerprint density at radius 1 is 1.21 bits per heavy atom. The summed E-state index contributed by atoms with van der Waals surface area (Å²) in [5.41, 5.74) is 1.54. The van der Waals surface area contributed by atoms with Crippen LogP contribution in [0.1, 0.15) is 5.56 Å². The number of ether oxygens (including phenoxy) is 1. The number of hydrogen-bond donors (Lipinski definition) is 1. The van der Waals surface area contributed by atoms with E-state index in [-0.39, 0.29) is 18.8 Å². The molecule has 3 aromatic rings. The van der Waals surface area contributed by atoms with Crippen molar-refractivity contribution in [3.63, 3.8) is 0 Å². The van der Waals surface area contributed by atoms with Crippen molar-refractivity contribution in [1.82, 2.24) is 14.8 Å². The van der Waals surface area contributed by atoms with Gasteiger partial charge in [-0.1, -0.05) is 12.1 Å². The minimum atomic E-state index is -0.801. The molecule has 0 saturated carbocycles. The van der Waals surface area contributed by atoms with Crippen LogP contribution in [0.15, 0.2) is 54.9 Å². The lowest BCUT2D eigenvalue weighted by Gasteiger charge is -2.12. The molecule has 3 rings (SSSR count). The first kappa shape index (κ1) is 19.0. The summed E-state index contributed by atoms with van der Waals surface area (Å²) < 4.78 is 7.03. The molecule has 1 N–H and O–H groups in total. The highest BCUT2D eigenvalue weighted by atomic mass is 16.6. The lowest BCUT2D eigenvalue weighted by atomic mass is 10.2. The Morgan fingerprint density at radius 2 is 1.93 bits per heavy atom. The second-order valence-corrected chi connectivity index (χ2v) is 6.04. The van der Waals surface area contributed by atoms with Crippen molar-refractivity contribution in [1.29, 1.82) is 5.26 Å². The summed E-state index contributed by atoms with van der Waals surface area (Å²) in [4.78, 5) is 14.4. The van der Waals surface area contributed by atoms with Crippen molar-refractivity contribution in [3.05, 3.63) is 70.5 Å². The Hall–Kier alpha value is -3.77. The Labute approximate surface area is 160 Å². The van der Waals surface area contributed by atoms with Crippen LogP contribution in [0.4, 0.5) is 5.69 Å². The Bertz CT molecular complexity index is 977. The van der Waals surface area contributed by atoms with E-state index in [0.717, 1.165) is 5.56 Å². The average Bonchev–Trinajstić information content (AvgIpc) is 3.16. The molecule has 0 radical (unpaired) electrons. The molecule has 0 aliphatic heterocycles. The standard InChI is InChI=1S/C19H17N5O4/c20-10-9-14-1-7-18(8-2-14)28-12-17(25)11-23-13-21-19(22-23)15-3-5-16(6-4-15)24(26)27/h1-8,13,17,25H,9,11-12H2. The second kappa shape index (κ2) is 8.75. The molecule has 0 aliphatic rings. The lowest BCUT2D eigenvalue weighted by molar-refractivity contribution is -0.384. The summed E-state index contributed by atoms with van der Waals surface area (Å²) >= 11 is 0. The summed E-state index contributed by atoms with van der Waals surface area (Å²) in [5, 5.41) is 33.8. The number of non-ortho nitro benzene ring substituents is 1. The fraction of sp³-hybridized carbons (Fsp3) is 0.211. The molecule has 9 nitrogen and oxygen atoms in total. The molecule has 1 heterocycles. The van der Waals surface area contributed by atoms with E-state index < -0.39 is 11.0 Å². The van der Waals surface area contributed by atoms with Crippen molar-refractivity contribution < 1.29 is 14.8 Å². The van der Waals surface area contributed by atoms with Crippen molar-refractivity contribution in [2.45, 2.75) is 19.1 Å². The molecular formula is C19H17N5O4. The minimum absolute atomic E-state index is 0.00332. The highest BCUT2D eigenvalue weighted by molar-refractivity contribution is 5.56. The molecule has 2 aromatic carbocycles. The Morgan fingerprint density at radius 3 is 2.57 bits per heavy atom. The van der Waals surface area contributed by atoms with Crippen molar-refractivity contribution in [2.75, 3.05) is 6.61 Å². The molecule has 1 unspecified atom stereocenters. The predicted octanol–water partition coefficient (Wildman–Crippen LogP) is 2.36. The Balaban J connectivity index is 1.54. The number of nitro benzene ring substituents is 1. The fourth-order valence-electron chi connectivity index (χ4n) is 2.50. The third kappa shape index (κ3) is 4.90. The van der Waals surface area contributed by atoms with Crippen LogP contribution >= 0.6 is 0 Å². The van der Waals surface area contributed by atoms with Gasteiger partial charge in [-0.25, -0.2) is 9.67 Å². The van der Waals surface area contributed by atoms with Gasteiger partial charge in [-0.3, -0.25) is 10.1 Å². The van der Waals surface area contributed by atoms with Crippen LogP contribution in [-0.2, 0) is 13.0 Å². The minimum Gasteiger partial charge on any atom is -0.491 e. The van der Waals surface area contributed by atoms with Gasteiger partial charge < -0.3 is 9.84 Å². The summed E-state index contributed by atoms with van der Waals surface area (Å²) in [5.74, 6) is 1.02. The lowest BCUT2D eigenvalue weighted by Crippen LogP contribution is -2.23. The van der Waals surface area contributed by atoms with E-state index in [9.17, 15) is 15.2 Å². The molecule has 1 aromatic heterocycles. The number of nitro groups is 1. The van der Waals surface area contributed by atoms with E-state index in [1.165, 1.54) is 23.1 Å². The third-order valence-electron chi connectivity index (χ3n) is 3.92. The van der Waals surface area contributed by atoms with Crippen LogP contribution in [0.5, 0.6) is 5.75 Å². The maximum atomic E-state index is 10.7. The van der Waals surface area contributed by atoms with Gasteiger partial charge in [-0.05, 0) is 29.8 Å². The van der Waals surface area contributed by atoms with Crippen LogP contribution in [0, 0.1) is 21.4 Å². The zero-order valence-electron chi connectivity index (χ0n) is 14.8. The number of nitrogens with zero attached hydrogens (tertiary/aromatic N) is 5. The summed E-state index contributed by atoms with van der Waals surface area (Å²) in [6, 6.07) is 15.1. The van der Waals surface area contributed by atoms with Gasteiger partial charge in [0.2, 0.25) is 0 Å². The molecule has 0 saturated heterocycles. The second-order valence-electron chi connectivity index (χ2n) is 6.04. The third-order valence-corrected chi connectivity index (χ3v) is 3.92. The number of nitriles is 1. The summed E-state index contributed by atoms with van der Waals surface area (Å²) in [6.45, 7) is 0.261. The van der Waals surface area contributed by atoms with Crippen molar-refractivity contribution >= 4 is 5.69 Å². The van der Waals surface area contributed by atoms with Gasteiger partial charge in [0.15, 0.2) is 5.82 Å². The smallest absolute Gasteiger partial charge is 0.269 e. The topological polar surface area (TPSA) is 127 Å². The molecular weight excluding hydrogens is 362 g/mol. The fourth-order valence-corrected chi connectivity index (χ4v) is 2.50. The zero-order valence-corrected chi connectivity index (χ0v) is 14.8. The van der Waals surface area contributed by atoms with E-state index in [0.29, 0.717) is 23.6 Å². The van der Waals surface area contributed by atoms with Gasteiger partial charge in [0, 0.05) is 17.7 Å². The molecule has 0 aliphatic carbocycles. The number of aliphatic hydroxyl groups is 1. The first-order valence-corrected chi connectivity index (χ1v) is 8.46. The number of aromatic nitrogens is 3. The highest BCUT2D eigenvalue weighted by Crippen LogP contribution is 2.19. The number of benzene rings is 2. The van der Waals surface area contributed by atoms with Gasteiger partial charge in [-0.15, -0.1) is 0 Å². The normalized spacial score (nSPS) is 11.6. The summed E-state index contributed by atoms with van der Waals surface area (Å²) in [7, 11) is 0. The van der Waals surface area contributed by atoms with Crippen molar-refractivity contribution in [2.24, 2.45) is 0 Å². The van der Waals surface area contributed by atoms with Crippen LogP contribution in [0.2, 0.25) is 0 Å². The first-order valence-electron chi connectivity index (χ1n) is 8.46. The van der Waals surface area contributed by atoms with E-state index in [1.807, 2.05) is 0 Å².